The number of rotatable bonds is 5. The predicted octanol–water partition coefficient (Wildman–Crippen LogP) is 4.53. The van der Waals surface area contributed by atoms with Gasteiger partial charge in [-0.3, -0.25) is 0 Å². The SMILES string of the molecule is C=C(C(=O)OC)C(OC(=O)OC(C)(C)C)c1ccc(C(C)C)cc1. The van der Waals surface area contributed by atoms with E-state index in [0.717, 1.165) is 5.56 Å². The quantitative estimate of drug-likeness (QED) is 0.585. The lowest BCUT2D eigenvalue weighted by atomic mass is 9.97. The van der Waals surface area contributed by atoms with Crippen LogP contribution < -0.4 is 0 Å². The van der Waals surface area contributed by atoms with Gasteiger partial charge in [-0.2, -0.15) is 0 Å². The minimum Gasteiger partial charge on any atom is -0.466 e. The highest BCUT2D eigenvalue weighted by Gasteiger charge is 2.28. The summed E-state index contributed by atoms with van der Waals surface area (Å²) in [6, 6.07) is 7.46. The molecule has 0 saturated heterocycles. The summed E-state index contributed by atoms with van der Waals surface area (Å²) in [4.78, 5) is 23.8. The number of esters is 1. The molecule has 0 aliphatic rings. The van der Waals surface area contributed by atoms with Gasteiger partial charge in [0, 0.05) is 0 Å². The summed E-state index contributed by atoms with van der Waals surface area (Å²) in [5, 5.41) is 0. The van der Waals surface area contributed by atoms with Crippen LogP contribution in [0.1, 0.15) is 57.8 Å². The summed E-state index contributed by atoms with van der Waals surface area (Å²) in [6.45, 7) is 13.1. The molecule has 0 fully saturated rings. The van der Waals surface area contributed by atoms with Gasteiger partial charge in [-0.1, -0.05) is 44.7 Å². The zero-order valence-corrected chi connectivity index (χ0v) is 15.2. The zero-order valence-electron chi connectivity index (χ0n) is 15.2. The molecule has 1 atom stereocenters. The van der Waals surface area contributed by atoms with Crippen LogP contribution in [0, 0.1) is 0 Å². The van der Waals surface area contributed by atoms with Crippen molar-refractivity contribution in [1.82, 2.24) is 0 Å². The van der Waals surface area contributed by atoms with Crippen molar-refractivity contribution in [2.24, 2.45) is 0 Å². The topological polar surface area (TPSA) is 61.8 Å². The molecule has 0 aromatic heterocycles. The molecule has 1 unspecified atom stereocenters. The number of ether oxygens (including phenoxy) is 3. The van der Waals surface area contributed by atoms with E-state index in [4.69, 9.17) is 9.47 Å². The second kappa shape index (κ2) is 7.99. The Morgan fingerprint density at radius 2 is 1.54 bits per heavy atom. The molecule has 24 heavy (non-hydrogen) atoms. The Bertz CT molecular complexity index is 593. The van der Waals surface area contributed by atoms with E-state index >= 15 is 0 Å². The molecule has 1 rings (SSSR count). The fourth-order valence-corrected chi connectivity index (χ4v) is 2.00. The second-order valence-corrected chi connectivity index (χ2v) is 6.80. The molecule has 0 saturated carbocycles. The fraction of sp³-hybridized carbons (Fsp3) is 0.474. The Balaban J connectivity index is 3.07. The Kier molecular flexibility index (Phi) is 6.58. The van der Waals surface area contributed by atoms with Crippen molar-refractivity contribution >= 4 is 12.1 Å². The summed E-state index contributed by atoms with van der Waals surface area (Å²) in [7, 11) is 1.25. The lowest BCUT2D eigenvalue weighted by Gasteiger charge is -2.23. The number of methoxy groups -OCH3 is 1. The molecule has 1 aromatic rings. The molecular formula is C19H26O5. The minimum atomic E-state index is -0.964. The molecule has 0 amide bonds. The average Bonchev–Trinajstić information content (AvgIpc) is 2.49. The first-order chi connectivity index (χ1) is 11.0. The standard InChI is InChI=1S/C19H26O5/c1-12(2)14-8-10-15(11-9-14)16(13(3)17(20)22-7)23-18(21)24-19(4,5)6/h8-12,16H,3H2,1-2,4-7H3. The van der Waals surface area contributed by atoms with E-state index in [1.54, 1.807) is 32.9 Å². The summed E-state index contributed by atoms with van der Waals surface area (Å²) in [5.74, 6) is -0.274. The van der Waals surface area contributed by atoms with E-state index in [1.165, 1.54) is 7.11 Å². The predicted molar refractivity (Wildman–Crippen MR) is 91.7 cm³/mol. The Hall–Kier alpha value is -2.30. The lowest BCUT2D eigenvalue weighted by Crippen LogP contribution is -2.27. The molecule has 132 valence electrons. The Morgan fingerprint density at radius 1 is 1.04 bits per heavy atom. The molecule has 1 aromatic carbocycles. The zero-order chi connectivity index (χ0) is 18.5. The Labute approximate surface area is 143 Å². The molecule has 5 heteroatoms. The van der Waals surface area contributed by atoms with Gasteiger partial charge in [0.2, 0.25) is 0 Å². The molecule has 0 bridgehead atoms. The van der Waals surface area contributed by atoms with Crippen LogP contribution in [-0.2, 0) is 19.0 Å². The van der Waals surface area contributed by atoms with E-state index in [-0.39, 0.29) is 5.57 Å². The molecular weight excluding hydrogens is 308 g/mol. The van der Waals surface area contributed by atoms with Crippen LogP contribution in [0.15, 0.2) is 36.4 Å². The van der Waals surface area contributed by atoms with Crippen molar-refractivity contribution < 1.29 is 23.8 Å². The van der Waals surface area contributed by atoms with Crippen molar-refractivity contribution in [2.75, 3.05) is 7.11 Å². The first kappa shape index (κ1) is 19.7. The highest BCUT2D eigenvalue weighted by Crippen LogP contribution is 2.28. The van der Waals surface area contributed by atoms with E-state index in [9.17, 15) is 9.59 Å². The maximum absolute atomic E-state index is 12.0. The monoisotopic (exact) mass is 334 g/mol. The lowest BCUT2D eigenvalue weighted by molar-refractivity contribution is -0.137. The fourth-order valence-electron chi connectivity index (χ4n) is 2.00. The average molecular weight is 334 g/mol. The third-order valence-corrected chi connectivity index (χ3v) is 3.27. The van der Waals surface area contributed by atoms with Gasteiger partial charge in [0.15, 0.2) is 6.10 Å². The Morgan fingerprint density at radius 3 is 1.96 bits per heavy atom. The number of hydrogen-bond acceptors (Lipinski definition) is 5. The number of benzene rings is 1. The number of hydrogen-bond donors (Lipinski definition) is 0. The van der Waals surface area contributed by atoms with Gasteiger partial charge in [-0.05, 0) is 37.8 Å². The summed E-state index contributed by atoms with van der Waals surface area (Å²) >= 11 is 0. The summed E-state index contributed by atoms with van der Waals surface area (Å²) < 4.78 is 15.2. The normalized spacial score (nSPS) is 12.5. The van der Waals surface area contributed by atoms with Crippen LogP contribution >= 0.6 is 0 Å². The second-order valence-electron chi connectivity index (χ2n) is 6.80. The van der Waals surface area contributed by atoms with Gasteiger partial charge < -0.3 is 14.2 Å². The van der Waals surface area contributed by atoms with Crippen LogP contribution in [0.3, 0.4) is 0 Å². The van der Waals surface area contributed by atoms with Crippen molar-refractivity contribution in [3.8, 4) is 0 Å². The van der Waals surface area contributed by atoms with Gasteiger partial charge in [-0.15, -0.1) is 0 Å². The van der Waals surface area contributed by atoms with Crippen LogP contribution in [0.25, 0.3) is 0 Å². The van der Waals surface area contributed by atoms with Gasteiger partial charge >= 0.3 is 12.1 Å². The van der Waals surface area contributed by atoms with Gasteiger partial charge in [-0.25, -0.2) is 9.59 Å². The van der Waals surface area contributed by atoms with Crippen LogP contribution in [-0.4, -0.2) is 24.8 Å². The molecule has 0 spiro atoms. The van der Waals surface area contributed by atoms with Gasteiger partial charge in [0.05, 0.1) is 12.7 Å². The first-order valence-corrected chi connectivity index (χ1v) is 7.81. The van der Waals surface area contributed by atoms with Crippen molar-refractivity contribution in [1.29, 1.82) is 0 Å². The molecule has 5 nitrogen and oxygen atoms in total. The summed E-state index contributed by atoms with van der Waals surface area (Å²) in [6.07, 6.45) is -1.83. The van der Waals surface area contributed by atoms with Crippen molar-refractivity contribution in [2.45, 2.75) is 52.2 Å². The van der Waals surface area contributed by atoms with E-state index < -0.39 is 23.8 Å². The first-order valence-electron chi connectivity index (χ1n) is 7.81. The van der Waals surface area contributed by atoms with E-state index in [1.807, 2.05) is 12.1 Å². The third-order valence-electron chi connectivity index (χ3n) is 3.27. The van der Waals surface area contributed by atoms with E-state index in [0.29, 0.717) is 11.5 Å². The van der Waals surface area contributed by atoms with Crippen molar-refractivity contribution in [3.63, 3.8) is 0 Å². The van der Waals surface area contributed by atoms with E-state index in [2.05, 4.69) is 25.2 Å². The molecule has 0 radical (unpaired) electrons. The maximum Gasteiger partial charge on any atom is 0.509 e. The third kappa shape index (κ3) is 5.72. The molecule has 0 aliphatic carbocycles. The van der Waals surface area contributed by atoms with Gasteiger partial charge in [0.25, 0.3) is 0 Å². The number of carbonyl (C=O) groups excluding carboxylic acids is 2. The molecule has 0 heterocycles. The van der Waals surface area contributed by atoms with Crippen LogP contribution in [0.5, 0.6) is 0 Å². The smallest absolute Gasteiger partial charge is 0.466 e. The van der Waals surface area contributed by atoms with Crippen LogP contribution in [0.4, 0.5) is 4.79 Å². The summed E-state index contributed by atoms with van der Waals surface area (Å²) in [5.41, 5.74) is 1.09. The molecule has 0 N–H and O–H groups in total. The van der Waals surface area contributed by atoms with Crippen LogP contribution in [0.2, 0.25) is 0 Å². The highest BCUT2D eigenvalue weighted by atomic mass is 16.7. The largest absolute Gasteiger partial charge is 0.509 e. The van der Waals surface area contributed by atoms with Crippen molar-refractivity contribution in [3.05, 3.63) is 47.5 Å². The maximum atomic E-state index is 12.0. The minimum absolute atomic E-state index is 0.0284. The highest BCUT2D eigenvalue weighted by molar-refractivity contribution is 5.89. The number of carbonyl (C=O) groups is 2. The van der Waals surface area contributed by atoms with Gasteiger partial charge in [0.1, 0.15) is 5.60 Å². The molecule has 0 aliphatic heterocycles.